The maximum atomic E-state index is 5.06. The van der Waals surface area contributed by atoms with Crippen molar-refractivity contribution in [3.63, 3.8) is 0 Å². The average molecular weight is 164 g/mol. The minimum absolute atomic E-state index is 0.0475. The fourth-order valence-electron chi connectivity index (χ4n) is 0.648. The molecule has 0 amide bonds. The molecule has 5 heteroatoms. The van der Waals surface area contributed by atoms with Crippen LogP contribution in [0.5, 0.6) is 0 Å². The molecule has 1 aromatic heterocycles. The Morgan fingerprint density at radius 3 is 2.58 bits per heavy atom. The van der Waals surface area contributed by atoms with E-state index in [2.05, 4.69) is 15.2 Å². The fourth-order valence-corrected chi connectivity index (χ4v) is 0.648. The summed E-state index contributed by atoms with van der Waals surface area (Å²) in [6, 6.07) is 3.71. The van der Waals surface area contributed by atoms with Crippen molar-refractivity contribution in [2.45, 2.75) is 0 Å². The van der Waals surface area contributed by atoms with Gasteiger partial charge in [-0.15, -0.1) is 5.10 Å². The Morgan fingerprint density at radius 1 is 1.33 bits per heavy atom. The zero-order chi connectivity index (χ0) is 8.81. The zero-order valence-electron chi connectivity index (χ0n) is 6.44. The number of nitrogens with one attached hydrogen (secondary N) is 1. The molecule has 0 saturated heterocycles. The number of nitrogens with zero attached hydrogens (tertiary/aromatic N) is 2. The molecule has 0 aliphatic heterocycles. The van der Waals surface area contributed by atoms with E-state index in [0.717, 1.165) is 5.56 Å². The number of hydrogen-bond acceptors (Lipinski definition) is 2. The normalized spacial score (nSPS) is 10.0. The lowest BCUT2D eigenvalue weighted by Gasteiger charge is -1.85. The first-order valence-corrected chi connectivity index (χ1v) is 3.37. The van der Waals surface area contributed by atoms with Gasteiger partial charge in [0.2, 0.25) is 5.96 Å². The lowest BCUT2D eigenvalue weighted by atomic mass is 10.3. The summed E-state index contributed by atoms with van der Waals surface area (Å²) in [5.74, 6) is -0.0475. The minimum Gasteiger partial charge on any atom is -0.369 e. The van der Waals surface area contributed by atoms with Gasteiger partial charge in [-0.05, 0) is 0 Å². The molecule has 0 unspecified atom stereocenters. The number of hydrogen-bond donors (Lipinski definition) is 2. The largest absolute Gasteiger partial charge is 0.369 e. The predicted octanol–water partition coefficient (Wildman–Crippen LogP) is -0.892. The Kier molecular flexibility index (Phi) is 2.78. The second kappa shape index (κ2) is 4.07. The predicted molar refractivity (Wildman–Crippen MR) is 46.4 cm³/mol. The zero-order valence-corrected chi connectivity index (χ0v) is 6.44. The molecule has 5 N–H and O–H groups in total. The smallest absolute Gasteiger partial charge is 0.211 e. The van der Waals surface area contributed by atoms with Crippen LogP contribution in [0.15, 0.2) is 34.7 Å². The van der Waals surface area contributed by atoms with Crippen LogP contribution in [0.25, 0.3) is 0 Å². The van der Waals surface area contributed by atoms with Gasteiger partial charge in [0.25, 0.3) is 0 Å². The molecule has 0 bridgehead atoms. The van der Waals surface area contributed by atoms with Crippen LogP contribution in [0.4, 0.5) is 0 Å². The molecule has 12 heavy (non-hydrogen) atoms. The number of H-pyrrole nitrogens is 1. The average Bonchev–Trinajstić information content (AvgIpc) is 2.05. The van der Waals surface area contributed by atoms with Crippen LogP contribution in [0, 0.1) is 0 Å². The number of rotatable bonds is 2. The lowest BCUT2D eigenvalue weighted by Crippen LogP contribution is -2.21. The van der Waals surface area contributed by atoms with Gasteiger partial charge in [0.05, 0.1) is 6.21 Å². The first-order valence-electron chi connectivity index (χ1n) is 3.37. The van der Waals surface area contributed by atoms with E-state index >= 15 is 0 Å². The van der Waals surface area contributed by atoms with Crippen LogP contribution in [0.1, 0.15) is 5.56 Å². The molecule has 0 aliphatic carbocycles. The van der Waals surface area contributed by atoms with Gasteiger partial charge in [-0.2, -0.15) is 5.10 Å². The van der Waals surface area contributed by atoms with Gasteiger partial charge in [0, 0.05) is 17.7 Å². The van der Waals surface area contributed by atoms with Gasteiger partial charge in [0.15, 0.2) is 12.4 Å². The molecule has 1 heterocycles. The standard InChI is InChI=1S/C7H9N5/c8-7(9)12-11-5-6-1-3-10-4-2-6/h1-5H,(H4,8,9,12)/p+1. The highest BCUT2D eigenvalue weighted by Crippen LogP contribution is 1.88. The van der Waals surface area contributed by atoms with Gasteiger partial charge in [-0.3, -0.25) is 0 Å². The molecule has 0 radical (unpaired) electrons. The summed E-state index contributed by atoms with van der Waals surface area (Å²) in [7, 11) is 0. The van der Waals surface area contributed by atoms with E-state index in [0.29, 0.717) is 0 Å². The molecule has 0 spiro atoms. The Balaban J connectivity index is 2.64. The SMILES string of the molecule is NC(N)=NN=Cc1cc[nH+]cc1. The monoisotopic (exact) mass is 164 g/mol. The van der Waals surface area contributed by atoms with Gasteiger partial charge in [-0.1, -0.05) is 0 Å². The van der Waals surface area contributed by atoms with Crippen molar-refractivity contribution in [1.29, 1.82) is 0 Å². The third-order valence-corrected chi connectivity index (χ3v) is 1.12. The van der Waals surface area contributed by atoms with Crippen LogP contribution < -0.4 is 16.5 Å². The topological polar surface area (TPSA) is 90.9 Å². The highest BCUT2D eigenvalue weighted by Gasteiger charge is 1.85. The Morgan fingerprint density at radius 2 is 2.00 bits per heavy atom. The molecule has 1 rings (SSSR count). The van der Waals surface area contributed by atoms with Gasteiger partial charge in [0.1, 0.15) is 0 Å². The van der Waals surface area contributed by atoms with Crippen molar-refractivity contribution < 1.29 is 4.98 Å². The quantitative estimate of drug-likeness (QED) is 0.337. The van der Waals surface area contributed by atoms with Crippen LogP contribution >= 0.6 is 0 Å². The molecule has 5 nitrogen and oxygen atoms in total. The number of guanidine groups is 1. The van der Waals surface area contributed by atoms with Crippen molar-refractivity contribution in [2.24, 2.45) is 21.7 Å². The molecule has 0 fully saturated rings. The van der Waals surface area contributed by atoms with Crippen LogP contribution in [0.2, 0.25) is 0 Å². The number of nitrogens with two attached hydrogens (primary N) is 2. The van der Waals surface area contributed by atoms with Gasteiger partial charge < -0.3 is 11.5 Å². The summed E-state index contributed by atoms with van der Waals surface area (Å²) in [6.45, 7) is 0. The summed E-state index contributed by atoms with van der Waals surface area (Å²) in [6.07, 6.45) is 5.14. The van der Waals surface area contributed by atoms with E-state index in [1.165, 1.54) is 0 Å². The summed E-state index contributed by atoms with van der Waals surface area (Å²) in [5, 5.41) is 7.09. The molecule has 0 atom stereocenters. The van der Waals surface area contributed by atoms with E-state index in [1.54, 1.807) is 18.6 Å². The van der Waals surface area contributed by atoms with E-state index in [1.807, 2.05) is 12.1 Å². The van der Waals surface area contributed by atoms with Gasteiger partial charge in [-0.25, -0.2) is 4.98 Å². The molecular weight excluding hydrogens is 154 g/mol. The molecule has 62 valence electrons. The molecular formula is C7H10N5+. The maximum absolute atomic E-state index is 5.06. The highest BCUT2D eigenvalue weighted by atomic mass is 15.3. The first-order chi connectivity index (χ1) is 5.79. The highest BCUT2D eigenvalue weighted by molar-refractivity contribution is 5.81. The molecule has 1 aromatic rings. The van der Waals surface area contributed by atoms with Crippen molar-refractivity contribution in [3.8, 4) is 0 Å². The second-order valence-corrected chi connectivity index (χ2v) is 2.10. The third-order valence-electron chi connectivity index (χ3n) is 1.12. The van der Waals surface area contributed by atoms with E-state index < -0.39 is 0 Å². The van der Waals surface area contributed by atoms with Crippen molar-refractivity contribution in [3.05, 3.63) is 30.1 Å². The summed E-state index contributed by atoms with van der Waals surface area (Å²) in [5.41, 5.74) is 11.1. The molecule has 0 saturated carbocycles. The lowest BCUT2D eigenvalue weighted by molar-refractivity contribution is -0.378. The second-order valence-electron chi connectivity index (χ2n) is 2.10. The third kappa shape index (κ3) is 2.78. The summed E-state index contributed by atoms with van der Waals surface area (Å²) in [4.78, 5) is 2.89. The van der Waals surface area contributed by atoms with E-state index in [4.69, 9.17) is 11.5 Å². The minimum atomic E-state index is -0.0475. The van der Waals surface area contributed by atoms with Crippen molar-refractivity contribution >= 4 is 12.2 Å². The number of pyridine rings is 1. The first kappa shape index (κ1) is 8.19. The van der Waals surface area contributed by atoms with E-state index in [9.17, 15) is 0 Å². The Labute approximate surface area is 69.8 Å². The maximum Gasteiger partial charge on any atom is 0.211 e. The Hall–Kier alpha value is -1.91. The van der Waals surface area contributed by atoms with E-state index in [-0.39, 0.29) is 5.96 Å². The molecule has 0 aromatic carbocycles. The number of aromatic nitrogens is 1. The summed E-state index contributed by atoms with van der Waals surface area (Å²) < 4.78 is 0. The number of aromatic amines is 1. The Bertz CT molecular complexity index is 286. The van der Waals surface area contributed by atoms with Crippen molar-refractivity contribution in [2.75, 3.05) is 0 Å². The van der Waals surface area contributed by atoms with Crippen LogP contribution in [0.3, 0.4) is 0 Å². The van der Waals surface area contributed by atoms with Gasteiger partial charge >= 0.3 is 0 Å². The van der Waals surface area contributed by atoms with Crippen molar-refractivity contribution in [1.82, 2.24) is 0 Å². The van der Waals surface area contributed by atoms with Crippen LogP contribution in [-0.4, -0.2) is 12.2 Å². The molecule has 0 aliphatic rings. The summed E-state index contributed by atoms with van der Waals surface area (Å²) >= 11 is 0. The fraction of sp³-hybridized carbons (Fsp3) is 0. The van der Waals surface area contributed by atoms with Crippen LogP contribution in [-0.2, 0) is 0 Å².